The Morgan fingerprint density at radius 1 is 1.33 bits per heavy atom. The maximum atomic E-state index is 9.25. The second-order valence-corrected chi connectivity index (χ2v) is 3.93. The maximum Gasteiger partial charge on any atom is 0.0613 e. The van der Waals surface area contributed by atoms with Crippen molar-refractivity contribution in [1.29, 1.82) is 0 Å². The summed E-state index contributed by atoms with van der Waals surface area (Å²) in [5.74, 6) is 0. The largest absolute Gasteiger partial charge is 0.394 e. The monoisotopic (exact) mass is 171 g/mol. The minimum Gasteiger partial charge on any atom is -0.394 e. The van der Waals surface area contributed by atoms with Gasteiger partial charge in [0.05, 0.1) is 6.61 Å². The van der Waals surface area contributed by atoms with Crippen LogP contribution in [0, 0.1) is 0 Å². The summed E-state index contributed by atoms with van der Waals surface area (Å²) >= 11 is 0. The zero-order valence-corrected chi connectivity index (χ0v) is 8.10. The minimum absolute atomic E-state index is 0.0924. The summed E-state index contributed by atoms with van der Waals surface area (Å²) in [4.78, 5) is 0. The lowest BCUT2D eigenvalue weighted by Gasteiger charge is -2.28. The fourth-order valence-corrected chi connectivity index (χ4v) is 1.97. The van der Waals surface area contributed by atoms with E-state index in [9.17, 15) is 5.11 Å². The first-order chi connectivity index (χ1) is 5.83. The molecule has 1 aliphatic rings. The fraction of sp³-hybridized carbons (Fsp3) is 1.00. The van der Waals surface area contributed by atoms with Crippen LogP contribution in [0.25, 0.3) is 0 Å². The normalized spacial score (nSPS) is 21.5. The van der Waals surface area contributed by atoms with Crippen LogP contribution in [0.3, 0.4) is 0 Å². The molecule has 1 saturated carbocycles. The lowest BCUT2D eigenvalue weighted by molar-refractivity contribution is 0.164. The van der Waals surface area contributed by atoms with Gasteiger partial charge in [-0.25, -0.2) is 0 Å². The van der Waals surface area contributed by atoms with Crippen LogP contribution in [0.4, 0.5) is 0 Å². The SMILES string of the molecule is CCCCNC1(CO)CCCC1. The van der Waals surface area contributed by atoms with Crippen molar-refractivity contribution in [3.63, 3.8) is 0 Å². The molecule has 2 heteroatoms. The van der Waals surface area contributed by atoms with E-state index in [1.807, 2.05) is 0 Å². The Labute approximate surface area is 75.4 Å². The number of hydrogen-bond acceptors (Lipinski definition) is 2. The molecule has 0 heterocycles. The molecule has 0 saturated heterocycles. The lowest BCUT2D eigenvalue weighted by Crippen LogP contribution is -2.46. The number of rotatable bonds is 5. The average Bonchev–Trinajstić information content (AvgIpc) is 2.55. The minimum atomic E-state index is 0.0924. The summed E-state index contributed by atoms with van der Waals surface area (Å²) in [5.41, 5.74) is 0.0924. The highest BCUT2D eigenvalue weighted by Crippen LogP contribution is 2.28. The van der Waals surface area contributed by atoms with Gasteiger partial charge in [-0.3, -0.25) is 0 Å². The van der Waals surface area contributed by atoms with E-state index < -0.39 is 0 Å². The number of aliphatic hydroxyl groups excluding tert-OH is 1. The van der Waals surface area contributed by atoms with Gasteiger partial charge in [0, 0.05) is 5.54 Å². The zero-order chi connectivity index (χ0) is 8.86. The van der Waals surface area contributed by atoms with E-state index >= 15 is 0 Å². The molecule has 0 unspecified atom stereocenters. The van der Waals surface area contributed by atoms with Crippen LogP contribution in [-0.4, -0.2) is 23.8 Å². The molecule has 0 aromatic carbocycles. The molecule has 0 aromatic rings. The molecule has 1 rings (SSSR count). The highest BCUT2D eigenvalue weighted by molar-refractivity contribution is 4.91. The first-order valence-corrected chi connectivity index (χ1v) is 5.19. The van der Waals surface area contributed by atoms with Gasteiger partial charge >= 0.3 is 0 Å². The predicted molar refractivity (Wildman–Crippen MR) is 51.2 cm³/mol. The molecule has 0 atom stereocenters. The van der Waals surface area contributed by atoms with E-state index in [0.717, 1.165) is 19.4 Å². The highest BCUT2D eigenvalue weighted by Gasteiger charge is 2.31. The van der Waals surface area contributed by atoms with Crippen molar-refractivity contribution >= 4 is 0 Å². The third-order valence-electron chi connectivity index (χ3n) is 2.89. The molecule has 1 aliphatic carbocycles. The first-order valence-electron chi connectivity index (χ1n) is 5.19. The van der Waals surface area contributed by atoms with Gasteiger partial charge in [-0.05, 0) is 25.8 Å². The highest BCUT2D eigenvalue weighted by atomic mass is 16.3. The molecule has 0 radical (unpaired) electrons. The quantitative estimate of drug-likeness (QED) is 0.617. The Hall–Kier alpha value is -0.0800. The van der Waals surface area contributed by atoms with Crippen molar-refractivity contribution in [1.82, 2.24) is 5.32 Å². The van der Waals surface area contributed by atoms with E-state index in [-0.39, 0.29) is 5.54 Å². The summed E-state index contributed by atoms with van der Waals surface area (Å²) < 4.78 is 0. The van der Waals surface area contributed by atoms with Gasteiger partial charge < -0.3 is 10.4 Å². The Balaban J connectivity index is 2.24. The van der Waals surface area contributed by atoms with Crippen molar-refractivity contribution in [2.45, 2.75) is 51.0 Å². The average molecular weight is 171 g/mol. The van der Waals surface area contributed by atoms with Gasteiger partial charge in [0.15, 0.2) is 0 Å². The molecule has 0 spiro atoms. The van der Waals surface area contributed by atoms with E-state index in [2.05, 4.69) is 12.2 Å². The standard InChI is InChI=1S/C10H21NO/c1-2-3-8-11-10(9-12)6-4-5-7-10/h11-12H,2-9H2,1H3. The van der Waals surface area contributed by atoms with Gasteiger partial charge in [0.25, 0.3) is 0 Å². The zero-order valence-electron chi connectivity index (χ0n) is 8.10. The third kappa shape index (κ3) is 2.46. The number of unbranched alkanes of at least 4 members (excludes halogenated alkanes) is 1. The molecule has 0 aromatic heterocycles. The van der Waals surface area contributed by atoms with Crippen LogP contribution in [0.2, 0.25) is 0 Å². The molecule has 72 valence electrons. The molecular formula is C10H21NO. The van der Waals surface area contributed by atoms with Crippen LogP contribution in [0.5, 0.6) is 0 Å². The molecule has 0 bridgehead atoms. The Bertz CT molecular complexity index is 119. The second kappa shape index (κ2) is 4.83. The summed E-state index contributed by atoms with van der Waals surface area (Å²) in [7, 11) is 0. The van der Waals surface area contributed by atoms with Crippen LogP contribution < -0.4 is 5.32 Å². The fourth-order valence-electron chi connectivity index (χ4n) is 1.97. The van der Waals surface area contributed by atoms with Crippen LogP contribution in [0.1, 0.15) is 45.4 Å². The topological polar surface area (TPSA) is 32.3 Å². The molecule has 2 N–H and O–H groups in total. The number of aliphatic hydroxyl groups is 1. The number of nitrogens with one attached hydrogen (secondary N) is 1. The van der Waals surface area contributed by atoms with Crippen molar-refractivity contribution in [3.8, 4) is 0 Å². The smallest absolute Gasteiger partial charge is 0.0613 e. The van der Waals surface area contributed by atoms with Crippen molar-refractivity contribution < 1.29 is 5.11 Å². The molecule has 2 nitrogen and oxygen atoms in total. The van der Waals surface area contributed by atoms with Gasteiger partial charge in [-0.15, -0.1) is 0 Å². The van der Waals surface area contributed by atoms with Gasteiger partial charge in [-0.1, -0.05) is 26.2 Å². The van der Waals surface area contributed by atoms with Crippen LogP contribution in [0.15, 0.2) is 0 Å². The third-order valence-corrected chi connectivity index (χ3v) is 2.89. The predicted octanol–water partition coefficient (Wildman–Crippen LogP) is 1.68. The van der Waals surface area contributed by atoms with E-state index in [0.29, 0.717) is 6.61 Å². The maximum absolute atomic E-state index is 9.25. The van der Waals surface area contributed by atoms with Crippen molar-refractivity contribution in [2.75, 3.05) is 13.2 Å². The van der Waals surface area contributed by atoms with E-state index in [1.165, 1.54) is 25.7 Å². The molecule has 1 fully saturated rings. The van der Waals surface area contributed by atoms with Crippen molar-refractivity contribution in [3.05, 3.63) is 0 Å². The Morgan fingerprint density at radius 3 is 2.50 bits per heavy atom. The van der Waals surface area contributed by atoms with Crippen LogP contribution >= 0.6 is 0 Å². The Kier molecular flexibility index (Phi) is 4.02. The van der Waals surface area contributed by atoms with Gasteiger partial charge in [0.1, 0.15) is 0 Å². The van der Waals surface area contributed by atoms with Gasteiger partial charge in [0.2, 0.25) is 0 Å². The van der Waals surface area contributed by atoms with E-state index in [4.69, 9.17) is 0 Å². The number of hydrogen-bond donors (Lipinski definition) is 2. The first kappa shape index (κ1) is 10.0. The molecule has 0 amide bonds. The van der Waals surface area contributed by atoms with Crippen LogP contribution in [-0.2, 0) is 0 Å². The Morgan fingerprint density at radius 2 is 2.00 bits per heavy atom. The summed E-state index contributed by atoms with van der Waals surface area (Å²) in [5, 5.41) is 12.7. The summed E-state index contributed by atoms with van der Waals surface area (Å²) in [6, 6.07) is 0. The second-order valence-electron chi connectivity index (χ2n) is 3.93. The van der Waals surface area contributed by atoms with E-state index in [1.54, 1.807) is 0 Å². The summed E-state index contributed by atoms with van der Waals surface area (Å²) in [6.45, 7) is 3.58. The lowest BCUT2D eigenvalue weighted by atomic mass is 9.99. The molecule has 0 aliphatic heterocycles. The van der Waals surface area contributed by atoms with Crippen molar-refractivity contribution in [2.24, 2.45) is 0 Å². The van der Waals surface area contributed by atoms with Gasteiger partial charge in [-0.2, -0.15) is 0 Å². The molecular weight excluding hydrogens is 150 g/mol. The summed E-state index contributed by atoms with van der Waals surface area (Å²) in [6.07, 6.45) is 7.33. The molecule has 12 heavy (non-hydrogen) atoms.